The lowest BCUT2D eigenvalue weighted by atomic mass is 10.2. The van der Waals surface area contributed by atoms with Crippen LogP contribution in [0.4, 0.5) is 0 Å². The minimum Gasteiger partial charge on any atom is -0.357 e. The fourth-order valence-corrected chi connectivity index (χ4v) is 3.92. The first-order valence-corrected chi connectivity index (χ1v) is 9.36. The Labute approximate surface area is 129 Å². The van der Waals surface area contributed by atoms with Crippen molar-refractivity contribution in [1.29, 1.82) is 0 Å². The third kappa shape index (κ3) is 4.38. The second-order valence-corrected chi connectivity index (χ2v) is 7.15. The number of thioether (sulfide) groups is 1. The second kappa shape index (κ2) is 7.88. The Morgan fingerprint density at radius 2 is 2.40 bits per heavy atom. The van der Waals surface area contributed by atoms with Gasteiger partial charge in [-0.15, -0.1) is 11.3 Å². The summed E-state index contributed by atoms with van der Waals surface area (Å²) in [7, 11) is 0. The Morgan fingerprint density at radius 3 is 3.00 bits per heavy atom. The van der Waals surface area contributed by atoms with Gasteiger partial charge >= 0.3 is 0 Å². The molecule has 0 aromatic carbocycles. The van der Waals surface area contributed by atoms with Crippen molar-refractivity contribution in [3.05, 3.63) is 16.1 Å². The molecule has 20 heavy (non-hydrogen) atoms. The molecule has 6 heteroatoms. The van der Waals surface area contributed by atoms with Crippen LogP contribution in [0, 0.1) is 6.92 Å². The maximum Gasteiger partial charge on any atom is 0.191 e. The number of aliphatic imine (C=N–C) groups is 1. The molecule has 0 bridgehead atoms. The van der Waals surface area contributed by atoms with Gasteiger partial charge in [0.05, 0.1) is 17.7 Å². The zero-order valence-corrected chi connectivity index (χ0v) is 14.1. The van der Waals surface area contributed by atoms with Crippen molar-refractivity contribution in [2.75, 3.05) is 12.8 Å². The Kier molecular flexibility index (Phi) is 6.16. The topological polar surface area (TPSA) is 49.3 Å². The normalized spacial score (nSPS) is 23.1. The smallest absolute Gasteiger partial charge is 0.191 e. The molecule has 1 saturated carbocycles. The first-order chi connectivity index (χ1) is 9.72. The summed E-state index contributed by atoms with van der Waals surface area (Å²) < 4.78 is 0. The van der Waals surface area contributed by atoms with E-state index in [0.717, 1.165) is 23.4 Å². The van der Waals surface area contributed by atoms with Gasteiger partial charge in [-0.2, -0.15) is 11.8 Å². The molecule has 1 aromatic rings. The molecule has 0 aliphatic heterocycles. The molecule has 1 heterocycles. The molecular formula is C14H24N4S2. The van der Waals surface area contributed by atoms with Gasteiger partial charge in [-0.3, -0.25) is 0 Å². The zero-order chi connectivity index (χ0) is 14.4. The molecule has 112 valence electrons. The predicted octanol–water partition coefficient (Wildman–Crippen LogP) is 2.79. The number of thiazole rings is 1. The number of nitrogens with zero attached hydrogens (tertiary/aromatic N) is 2. The van der Waals surface area contributed by atoms with Gasteiger partial charge in [0.25, 0.3) is 0 Å². The molecule has 0 saturated heterocycles. The average molecular weight is 313 g/mol. The molecule has 0 amide bonds. The van der Waals surface area contributed by atoms with Gasteiger partial charge in [-0.1, -0.05) is 0 Å². The van der Waals surface area contributed by atoms with E-state index in [0.29, 0.717) is 12.6 Å². The number of rotatable bonds is 5. The molecule has 2 atom stereocenters. The van der Waals surface area contributed by atoms with Crippen LogP contribution in [-0.2, 0) is 6.54 Å². The number of hydrogen-bond acceptors (Lipinski definition) is 4. The third-order valence-corrected chi connectivity index (χ3v) is 5.64. The number of nitrogens with one attached hydrogen (secondary N) is 2. The van der Waals surface area contributed by atoms with E-state index in [1.807, 2.05) is 24.2 Å². The van der Waals surface area contributed by atoms with E-state index in [1.165, 1.54) is 24.1 Å². The van der Waals surface area contributed by atoms with Gasteiger partial charge < -0.3 is 10.6 Å². The van der Waals surface area contributed by atoms with Crippen molar-refractivity contribution in [2.45, 2.75) is 50.9 Å². The molecule has 1 aromatic heterocycles. The predicted molar refractivity (Wildman–Crippen MR) is 89.7 cm³/mol. The maximum atomic E-state index is 4.69. The van der Waals surface area contributed by atoms with Crippen LogP contribution in [0.25, 0.3) is 0 Å². The molecule has 4 nitrogen and oxygen atoms in total. The summed E-state index contributed by atoms with van der Waals surface area (Å²) in [5, 5.41) is 7.72. The summed E-state index contributed by atoms with van der Waals surface area (Å²) in [6.45, 7) is 5.76. The summed E-state index contributed by atoms with van der Waals surface area (Å²) in [5.41, 5.74) is 2.98. The highest BCUT2D eigenvalue weighted by Gasteiger charge is 2.24. The summed E-state index contributed by atoms with van der Waals surface area (Å²) in [6.07, 6.45) is 6.01. The van der Waals surface area contributed by atoms with E-state index in [2.05, 4.69) is 33.8 Å². The SMILES string of the molecule is CCNC(=NCc1scnc1C)NC1CCC(SC)C1. The van der Waals surface area contributed by atoms with Crippen LogP contribution in [0.2, 0.25) is 0 Å². The zero-order valence-electron chi connectivity index (χ0n) is 12.5. The lowest BCUT2D eigenvalue weighted by Crippen LogP contribution is -2.42. The average Bonchev–Trinajstić information content (AvgIpc) is 3.05. The molecule has 1 aliphatic carbocycles. The lowest BCUT2D eigenvalue weighted by Gasteiger charge is -2.17. The molecule has 1 fully saturated rings. The Hall–Kier alpha value is -0.750. The van der Waals surface area contributed by atoms with E-state index in [4.69, 9.17) is 0 Å². The Balaban J connectivity index is 1.91. The van der Waals surface area contributed by atoms with Crippen LogP contribution < -0.4 is 10.6 Å². The maximum absolute atomic E-state index is 4.69. The number of aryl methyl sites for hydroxylation is 1. The third-order valence-electron chi connectivity index (χ3n) is 3.63. The lowest BCUT2D eigenvalue weighted by molar-refractivity contribution is 0.615. The number of hydrogen-bond donors (Lipinski definition) is 2. The van der Waals surface area contributed by atoms with Crippen LogP contribution in [0.3, 0.4) is 0 Å². The molecule has 1 aliphatic rings. The van der Waals surface area contributed by atoms with Crippen molar-refractivity contribution >= 4 is 29.1 Å². The van der Waals surface area contributed by atoms with Gasteiger partial charge in [0.15, 0.2) is 5.96 Å². The highest BCUT2D eigenvalue weighted by atomic mass is 32.2. The van der Waals surface area contributed by atoms with Crippen LogP contribution in [-0.4, -0.2) is 35.0 Å². The van der Waals surface area contributed by atoms with E-state index >= 15 is 0 Å². The largest absolute Gasteiger partial charge is 0.357 e. The van der Waals surface area contributed by atoms with E-state index in [-0.39, 0.29) is 0 Å². The number of aromatic nitrogens is 1. The van der Waals surface area contributed by atoms with Crippen molar-refractivity contribution in [1.82, 2.24) is 15.6 Å². The first-order valence-electron chi connectivity index (χ1n) is 7.19. The van der Waals surface area contributed by atoms with Gasteiger partial charge in [0, 0.05) is 22.7 Å². The van der Waals surface area contributed by atoms with Crippen LogP contribution in [0.5, 0.6) is 0 Å². The highest BCUT2D eigenvalue weighted by molar-refractivity contribution is 7.99. The summed E-state index contributed by atoms with van der Waals surface area (Å²) in [5.74, 6) is 0.937. The number of guanidine groups is 1. The van der Waals surface area contributed by atoms with Crippen molar-refractivity contribution in [3.8, 4) is 0 Å². The highest BCUT2D eigenvalue weighted by Crippen LogP contribution is 2.28. The first kappa shape index (κ1) is 15.6. The summed E-state index contributed by atoms with van der Waals surface area (Å²) in [6, 6.07) is 0.563. The van der Waals surface area contributed by atoms with Gasteiger partial charge in [0.1, 0.15) is 0 Å². The van der Waals surface area contributed by atoms with Crippen molar-refractivity contribution in [3.63, 3.8) is 0 Å². The van der Waals surface area contributed by atoms with Crippen LogP contribution in [0.1, 0.15) is 36.8 Å². The Bertz CT molecular complexity index is 444. The molecule has 2 unspecified atom stereocenters. The monoisotopic (exact) mass is 312 g/mol. The van der Waals surface area contributed by atoms with E-state index < -0.39 is 0 Å². The van der Waals surface area contributed by atoms with Gasteiger partial charge in [-0.25, -0.2) is 9.98 Å². The van der Waals surface area contributed by atoms with Crippen LogP contribution in [0.15, 0.2) is 10.5 Å². The van der Waals surface area contributed by atoms with Crippen molar-refractivity contribution < 1.29 is 0 Å². The molecular weight excluding hydrogens is 288 g/mol. The molecule has 0 spiro atoms. The summed E-state index contributed by atoms with van der Waals surface area (Å²) in [4.78, 5) is 10.2. The minimum atomic E-state index is 0.563. The molecule has 2 N–H and O–H groups in total. The fraction of sp³-hybridized carbons (Fsp3) is 0.714. The second-order valence-electron chi connectivity index (χ2n) is 5.07. The molecule has 0 radical (unpaired) electrons. The van der Waals surface area contributed by atoms with Gasteiger partial charge in [0.2, 0.25) is 0 Å². The van der Waals surface area contributed by atoms with Crippen LogP contribution >= 0.6 is 23.1 Å². The minimum absolute atomic E-state index is 0.563. The van der Waals surface area contributed by atoms with Crippen molar-refractivity contribution in [2.24, 2.45) is 4.99 Å². The molecule has 2 rings (SSSR count). The van der Waals surface area contributed by atoms with E-state index in [9.17, 15) is 0 Å². The van der Waals surface area contributed by atoms with E-state index in [1.54, 1.807) is 11.3 Å². The fourth-order valence-electron chi connectivity index (χ4n) is 2.43. The van der Waals surface area contributed by atoms with Gasteiger partial charge in [-0.05, 0) is 39.4 Å². The standard InChI is InChI=1S/C14H24N4S2/c1-4-15-14(16-8-13-10(2)17-9-20-13)18-11-5-6-12(7-11)19-3/h9,11-12H,4-8H2,1-3H3,(H2,15,16,18). The summed E-state index contributed by atoms with van der Waals surface area (Å²) >= 11 is 3.66. The Morgan fingerprint density at radius 1 is 1.55 bits per heavy atom. The quantitative estimate of drug-likeness (QED) is 0.648.